The van der Waals surface area contributed by atoms with Gasteiger partial charge in [-0.2, -0.15) is 18.4 Å². The number of carbonyl (C=O) groups excluding carboxylic acids is 1. The third-order valence-electron chi connectivity index (χ3n) is 4.73. The summed E-state index contributed by atoms with van der Waals surface area (Å²) in [7, 11) is 0. The second-order valence-corrected chi connectivity index (χ2v) is 6.55. The van der Waals surface area contributed by atoms with E-state index in [2.05, 4.69) is 25.9 Å². The summed E-state index contributed by atoms with van der Waals surface area (Å²) in [6.07, 6.45) is -2.54. The Morgan fingerprint density at radius 3 is 2.36 bits per heavy atom. The van der Waals surface area contributed by atoms with Crippen LogP contribution in [0.25, 0.3) is 0 Å². The average Bonchev–Trinajstić information content (AvgIpc) is 3.23. The number of aliphatic carboxylic acids is 1. The molecule has 2 fully saturated rings. The maximum atomic E-state index is 12.6. The lowest BCUT2D eigenvalue weighted by Gasteiger charge is -2.27. The quantitative estimate of drug-likeness (QED) is 0.723. The number of carboxylic acids is 1. The average molecular weight is 398 g/mol. The molecule has 2 heterocycles. The molecule has 1 aliphatic carbocycles. The fourth-order valence-corrected chi connectivity index (χ4v) is 3.18. The Kier molecular flexibility index (Phi) is 5.47. The second kappa shape index (κ2) is 7.82. The van der Waals surface area contributed by atoms with E-state index in [0.717, 1.165) is 30.6 Å². The molecule has 1 aromatic heterocycles. The Balaban J connectivity index is 0.000000279. The minimum atomic E-state index is -5.08. The first-order valence-electron chi connectivity index (χ1n) is 8.44. The minimum Gasteiger partial charge on any atom is -0.475 e. The lowest BCUT2D eigenvalue weighted by Crippen LogP contribution is -2.28. The molecule has 12 heteroatoms. The van der Waals surface area contributed by atoms with Crippen molar-refractivity contribution in [2.45, 2.75) is 19.0 Å². The number of carboxylic acid groups (broad SMARTS) is 1. The van der Waals surface area contributed by atoms with E-state index >= 15 is 0 Å². The molecular formula is C16H17F3N6O3. The number of likely N-dealkylation sites (tertiary alicyclic amines) is 1. The number of hydrogen-bond acceptors (Lipinski definition) is 6. The molecule has 1 amide bonds. The SMILES string of the molecule is O=C(O)C(F)(F)F.O=C(c1cccc(Nc2nn[nH]n2)c1)N1C[C@H]2CC[C@H]2C1. The van der Waals surface area contributed by atoms with E-state index in [1.54, 1.807) is 0 Å². The first-order chi connectivity index (χ1) is 13.2. The minimum absolute atomic E-state index is 0.112. The summed E-state index contributed by atoms with van der Waals surface area (Å²) in [4.78, 5) is 23.4. The van der Waals surface area contributed by atoms with Gasteiger partial charge in [0.05, 0.1) is 0 Å². The molecule has 0 bridgehead atoms. The smallest absolute Gasteiger partial charge is 0.475 e. The van der Waals surface area contributed by atoms with Crippen LogP contribution in [0.1, 0.15) is 23.2 Å². The van der Waals surface area contributed by atoms with E-state index < -0.39 is 12.1 Å². The molecule has 1 saturated heterocycles. The monoisotopic (exact) mass is 398 g/mol. The Morgan fingerprint density at radius 2 is 1.86 bits per heavy atom. The number of halogens is 3. The van der Waals surface area contributed by atoms with Crippen LogP contribution in [0.2, 0.25) is 0 Å². The van der Waals surface area contributed by atoms with Crippen molar-refractivity contribution in [3.8, 4) is 0 Å². The van der Waals surface area contributed by atoms with E-state index in [4.69, 9.17) is 9.90 Å². The Bertz CT molecular complexity index is 830. The van der Waals surface area contributed by atoms with Crippen LogP contribution in [0, 0.1) is 11.8 Å². The van der Waals surface area contributed by atoms with Crippen LogP contribution in [0.3, 0.4) is 0 Å². The van der Waals surface area contributed by atoms with Crippen molar-refractivity contribution in [3.63, 3.8) is 0 Å². The van der Waals surface area contributed by atoms with Crippen molar-refractivity contribution in [1.82, 2.24) is 25.5 Å². The largest absolute Gasteiger partial charge is 0.490 e. The van der Waals surface area contributed by atoms with Crippen molar-refractivity contribution in [2.24, 2.45) is 11.8 Å². The lowest BCUT2D eigenvalue weighted by molar-refractivity contribution is -0.192. The topological polar surface area (TPSA) is 124 Å². The fraction of sp³-hybridized carbons (Fsp3) is 0.438. The van der Waals surface area contributed by atoms with Crippen molar-refractivity contribution >= 4 is 23.5 Å². The summed E-state index contributed by atoms with van der Waals surface area (Å²) < 4.78 is 31.7. The van der Waals surface area contributed by atoms with Crippen LogP contribution in [0.5, 0.6) is 0 Å². The van der Waals surface area contributed by atoms with Gasteiger partial charge < -0.3 is 15.3 Å². The van der Waals surface area contributed by atoms with Gasteiger partial charge in [-0.3, -0.25) is 4.79 Å². The van der Waals surface area contributed by atoms with Crippen LogP contribution in [0.4, 0.5) is 24.8 Å². The third-order valence-corrected chi connectivity index (χ3v) is 4.73. The highest BCUT2D eigenvalue weighted by molar-refractivity contribution is 5.95. The van der Waals surface area contributed by atoms with Gasteiger partial charge in [0.1, 0.15) is 0 Å². The normalized spacial score (nSPS) is 20.5. The Labute approximate surface area is 156 Å². The number of nitrogens with zero attached hydrogens (tertiary/aromatic N) is 4. The van der Waals surface area contributed by atoms with Gasteiger partial charge in [0, 0.05) is 24.3 Å². The molecule has 4 rings (SSSR count). The standard InChI is InChI=1S/C14H16N6O.C2HF3O2/c21-13(20-7-10-4-5-11(10)8-20)9-2-1-3-12(6-9)15-14-16-18-19-17-14;3-2(4,5)1(6)7/h1-3,6,10-11H,4-5,7-8H2,(H2,15,16,17,18,19);(H,6,7)/t10-,11+;. The second-order valence-electron chi connectivity index (χ2n) is 6.55. The summed E-state index contributed by atoms with van der Waals surface area (Å²) in [6, 6.07) is 7.42. The number of fused-ring (bicyclic) bond motifs is 1. The summed E-state index contributed by atoms with van der Waals surface area (Å²) in [5.41, 5.74) is 1.48. The van der Waals surface area contributed by atoms with Crippen LogP contribution in [-0.4, -0.2) is 61.8 Å². The molecule has 0 unspecified atom stereocenters. The molecule has 28 heavy (non-hydrogen) atoms. The molecule has 1 aromatic carbocycles. The fourth-order valence-electron chi connectivity index (χ4n) is 3.18. The molecule has 2 aromatic rings. The van der Waals surface area contributed by atoms with Crippen LogP contribution < -0.4 is 5.32 Å². The van der Waals surface area contributed by atoms with Crippen molar-refractivity contribution in [2.75, 3.05) is 18.4 Å². The van der Waals surface area contributed by atoms with Gasteiger partial charge in [-0.05, 0) is 48.1 Å². The first kappa shape index (κ1) is 19.6. The van der Waals surface area contributed by atoms with Gasteiger partial charge >= 0.3 is 12.1 Å². The highest BCUT2D eigenvalue weighted by Gasteiger charge is 2.41. The van der Waals surface area contributed by atoms with E-state index in [0.29, 0.717) is 11.5 Å². The number of anilines is 2. The third kappa shape index (κ3) is 4.56. The van der Waals surface area contributed by atoms with Crippen LogP contribution in [-0.2, 0) is 4.79 Å². The Hall–Kier alpha value is -3.18. The summed E-state index contributed by atoms with van der Waals surface area (Å²) in [6.45, 7) is 1.82. The number of aromatic amines is 1. The molecule has 0 spiro atoms. The highest BCUT2D eigenvalue weighted by atomic mass is 19.4. The highest BCUT2D eigenvalue weighted by Crippen LogP contribution is 2.40. The first-order valence-corrected chi connectivity index (χ1v) is 8.44. The number of aromatic nitrogens is 4. The summed E-state index contributed by atoms with van der Waals surface area (Å²) in [5, 5.41) is 23.7. The van der Waals surface area contributed by atoms with E-state index in [-0.39, 0.29) is 5.91 Å². The number of benzene rings is 1. The number of nitrogens with one attached hydrogen (secondary N) is 2. The Morgan fingerprint density at radius 1 is 1.21 bits per heavy atom. The predicted molar refractivity (Wildman–Crippen MR) is 89.7 cm³/mol. The van der Waals surface area contributed by atoms with Crippen LogP contribution in [0.15, 0.2) is 24.3 Å². The molecule has 0 radical (unpaired) electrons. The van der Waals surface area contributed by atoms with Crippen LogP contribution >= 0.6 is 0 Å². The molecular weight excluding hydrogens is 381 g/mol. The van der Waals surface area contributed by atoms with E-state index in [9.17, 15) is 18.0 Å². The molecule has 150 valence electrons. The predicted octanol–water partition coefficient (Wildman–Crippen LogP) is 2.06. The number of amides is 1. The van der Waals surface area contributed by atoms with Gasteiger partial charge in [-0.25, -0.2) is 4.79 Å². The zero-order valence-electron chi connectivity index (χ0n) is 14.5. The summed E-state index contributed by atoms with van der Waals surface area (Å²) in [5.74, 6) is -0.795. The number of alkyl halides is 3. The summed E-state index contributed by atoms with van der Waals surface area (Å²) >= 11 is 0. The molecule has 9 nitrogen and oxygen atoms in total. The lowest BCUT2D eigenvalue weighted by atomic mass is 9.77. The van der Waals surface area contributed by atoms with Crippen molar-refractivity contribution in [1.29, 1.82) is 0 Å². The van der Waals surface area contributed by atoms with Gasteiger partial charge in [0.25, 0.3) is 11.9 Å². The van der Waals surface area contributed by atoms with Crippen molar-refractivity contribution in [3.05, 3.63) is 29.8 Å². The van der Waals surface area contributed by atoms with Gasteiger partial charge in [0.2, 0.25) is 0 Å². The number of tetrazole rings is 1. The number of rotatable bonds is 3. The molecule has 2 aliphatic rings. The number of carbonyl (C=O) groups is 2. The number of hydrogen-bond donors (Lipinski definition) is 3. The molecule has 2 atom stereocenters. The molecule has 3 N–H and O–H groups in total. The zero-order valence-corrected chi connectivity index (χ0v) is 14.5. The van der Waals surface area contributed by atoms with E-state index in [1.165, 1.54) is 12.8 Å². The maximum absolute atomic E-state index is 12.6. The van der Waals surface area contributed by atoms with Gasteiger partial charge in [0.15, 0.2) is 0 Å². The molecule has 1 aliphatic heterocycles. The van der Waals surface area contributed by atoms with Crippen molar-refractivity contribution < 1.29 is 27.9 Å². The molecule has 1 saturated carbocycles. The van der Waals surface area contributed by atoms with Gasteiger partial charge in [-0.15, -0.1) is 5.10 Å². The zero-order chi connectivity index (χ0) is 20.3. The van der Waals surface area contributed by atoms with E-state index in [1.807, 2.05) is 29.2 Å². The van der Waals surface area contributed by atoms with Gasteiger partial charge in [-0.1, -0.05) is 11.2 Å². The maximum Gasteiger partial charge on any atom is 0.490 e. The number of H-pyrrole nitrogens is 1.